The number of nitrogens with two attached hydrogens (primary N) is 1. The molecule has 3 nitrogen and oxygen atoms in total. The molecule has 1 aliphatic rings. The van der Waals surface area contributed by atoms with Gasteiger partial charge >= 0.3 is 0 Å². The lowest BCUT2D eigenvalue weighted by Crippen LogP contribution is -2.30. The van der Waals surface area contributed by atoms with Crippen molar-refractivity contribution in [2.24, 2.45) is 5.84 Å². The van der Waals surface area contributed by atoms with Crippen LogP contribution in [0.25, 0.3) is 0 Å². The molecule has 0 heterocycles. The van der Waals surface area contributed by atoms with Gasteiger partial charge in [0.05, 0.1) is 12.6 Å². The summed E-state index contributed by atoms with van der Waals surface area (Å²) in [5, 5.41) is 0. The third-order valence-electron chi connectivity index (χ3n) is 3.37. The van der Waals surface area contributed by atoms with E-state index in [2.05, 4.69) is 23.6 Å². The second kappa shape index (κ2) is 6.57. The molecule has 0 bridgehead atoms. The first-order valence-electron chi connectivity index (χ1n) is 6.73. The van der Waals surface area contributed by atoms with E-state index in [9.17, 15) is 0 Å². The van der Waals surface area contributed by atoms with Gasteiger partial charge in [0.25, 0.3) is 0 Å². The van der Waals surface area contributed by atoms with Crippen LogP contribution in [0.2, 0.25) is 0 Å². The molecule has 0 radical (unpaired) electrons. The number of rotatable bonds is 5. The van der Waals surface area contributed by atoms with Gasteiger partial charge in [-0.15, -0.1) is 0 Å². The van der Waals surface area contributed by atoms with Crippen LogP contribution in [0.15, 0.2) is 35.9 Å². The van der Waals surface area contributed by atoms with E-state index < -0.39 is 0 Å². The molecule has 0 aliphatic heterocycles. The Morgan fingerprint density at radius 2 is 2.28 bits per heavy atom. The molecule has 1 atom stereocenters. The van der Waals surface area contributed by atoms with E-state index in [1.165, 1.54) is 30.4 Å². The molecule has 0 saturated carbocycles. The van der Waals surface area contributed by atoms with E-state index in [-0.39, 0.29) is 6.04 Å². The first-order chi connectivity index (χ1) is 8.85. The minimum Gasteiger partial charge on any atom is -0.494 e. The number of benzene rings is 1. The maximum atomic E-state index is 5.73. The molecule has 0 amide bonds. The monoisotopic (exact) mass is 246 g/mol. The van der Waals surface area contributed by atoms with Crippen molar-refractivity contribution in [1.82, 2.24) is 5.43 Å². The van der Waals surface area contributed by atoms with E-state index in [1.54, 1.807) is 0 Å². The largest absolute Gasteiger partial charge is 0.494 e. The Morgan fingerprint density at radius 3 is 2.94 bits per heavy atom. The molecule has 0 fully saturated rings. The fourth-order valence-electron chi connectivity index (χ4n) is 2.49. The summed E-state index contributed by atoms with van der Waals surface area (Å²) < 4.78 is 5.54. The summed E-state index contributed by atoms with van der Waals surface area (Å²) in [4.78, 5) is 0. The van der Waals surface area contributed by atoms with E-state index in [4.69, 9.17) is 10.6 Å². The van der Waals surface area contributed by atoms with Crippen molar-refractivity contribution in [3.63, 3.8) is 0 Å². The zero-order valence-corrected chi connectivity index (χ0v) is 11.0. The number of hydrazine groups is 1. The zero-order chi connectivity index (χ0) is 12.8. The second-order valence-corrected chi connectivity index (χ2v) is 4.63. The van der Waals surface area contributed by atoms with Crippen molar-refractivity contribution in [3.05, 3.63) is 41.5 Å². The first kappa shape index (κ1) is 13.1. The standard InChI is InChI=1S/C15H22N2O/c1-2-18-14-10-6-9-13(11-14)15(17-16)12-7-4-3-5-8-12/h6-7,9-11,15,17H,2-5,8,16H2,1H3. The highest BCUT2D eigenvalue weighted by Gasteiger charge is 2.17. The van der Waals surface area contributed by atoms with E-state index in [0.29, 0.717) is 6.61 Å². The van der Waals surface area contributed by atoms with Crippen molar-refractivity contribution in [2.45, 2.75) is 38.6 Å². The number of nitrogens with one attached hydrogen (secondary N) is 1. The molecule has 3 heteroatoms. The lowest BCUT2D eigenvalue weighted by molar-refractivity contribution is 0.339. The lowest BCUT2D eigenvalue weighted by Gasteiger charge is -2.23. The smallest absolute Gasteiger partial charge is 0.119 e. The molecular weight excluding hydrogens is 224 g/mol. The molecule has 18 heavy (non-hydrogen) atoms. The summed E-state index contributed by atoms with van der Waals surface area (Å²) in [7, 11) is 0. The Hall–Kier alpha value is -1.32. The molecule has 0 spiro atoms. The molecular formula is C15H22N2O. The van der Waals surface area contributed by atoms with Crippen LogP contribution in [0.3, 0.4) is 0 Å². The van der Waals surface area contributed by atoms with Gasteiger partial charge in [-0.05, 0) is 50.3 Å². The molecule has 2 rings (SSSR count). The van der Waals surface area contributed by atoms with Crippen LogP contribution in [0.5, 0.6) is 5.75 Å². The summed E-state index contributed by atoms with van der Waals surface area (Å²) >= 11 is 0. The third-order valence-corrected chi connectivity index (χ3v) is 3.37. The second-order valence-electron chi connectivity index (χ2n) is 4.63. The summed E-state index contributed by atoms with van der Waals surface area (Å²) in [6.07, 6.45) is 7.17. The Kier molecular flexibility index (Phi) is 4.79. The number of allylic oxidation sites excluding steroid dienone is 1. The van der Waals surface area contributed by atoms with Gasteiger partial charge in [-0.3, -0.25) is 5.84 Å². The number of ether oxygens (including phenoxy) is 1. The SMILES string of the molecule is CCOc1cccc(C(NN)C2=CCCCC2)c1. The van der Waals surface area contributed by atoms with Crippen LogP contribution in [0.1, 0.15) is 44.2 Å². The number of hydrogen-bond acceptors (Lipinski definition) is 3. The molecule has 1 unspecified atom stereocenters. The summed E-state index contributed by atoms with van der Waals surface area (Å²) in [5.74, 6) is 6.64. The van der Waals surface area contributed by atoms with Gasteiger partial charge < -0.3 is 4.74 Å². The van der Waals surface area contributed by atoms with Gasteiger partial charge in [-0.2, -0.15) is 0 Å². The van der Waals surface area contributed by atoms with Gasteiger partial charge in [-0.1, -0.05) is 23.8 Å². The third kappa shape index (κ3) is 3.12. The summed E-state index contributed by atoms with van der Waals surface area (Å²) in [5.41, 5.74) is 5.51. The molecule has 0 aromatic heterocycles. The van der Waals surface area contributed by atoms with Crippen LogP contribution in [-0.2, 0) is 0 Å². The quantitative estimate of drug-likeness (QED) is 0.477. The Labute approximate surface area is 109 Å². The van der Waals surface area contributed by atoms with Crippen LogP contribution >= 0.6 is 0 Å². The minimum atomic E-state index is 0.116. The Bertz CT molecular complexity index is 415. The Balaban J connectivity index is 2.21. The normalized spacial score (nSPS) is 17.1. The highest BCUT2D eigenvalue weighted by atomic mass is 16.5. The lowest BCUT2D eigenvalue weighted by atomic mass is 9.90. The molecule has 1 aliphatic carbocycles. The topological polar surface area (TPSA) is 47.3 Å². The van der Waals surface area contributed by atoms with E-state index in [0.717, 1.165) is 12.2 Å². The highest BCUT2D eigenvalue weighted by Crippen LogP contribution is 2.30. The first-order valence-corrected chi connectivity index (χ1v) is 6.73. The molecule has 3 N–H and O–H groups in total. The Morgan fingerprint density at radius 1 is 1.39 bits per heavy atom. The fraction of sp³-hybridized carbons (Fsp3) is 0.467. The highest BCUT2D eigenvalue weighted by molar-refractivity contribution is 5.35. The van der Waals surface area contributed by atoms with Crippen molar-refractivity contribution in [2.75, 3.05) is 6.61 Å². The van der Waals surface area contributed by atoms with Gasteiger partial charge in [0.15, 0.2) is 0 Å². The van der Waals surface area contributed by atoms with E-state index >= 15 is 0 Å². The van der Waals surface area contributed by atoms with Crippen molar-refractivity contribution < 1.29 is 4.74 Å². The summed E-state index contributed by atoms with van der Waals surface area (Å²) in [6, 6.07) is 8.29. The minimum absolute atomic E-state index is 0.116. The molecule has 98 valence electrons. The van der Waals surface area contributed by atoms with Crippen molar-refractivity contribution >= 4 is 0 Å². The molecule has 0 saturated heterocycles. The predicted molar refractivity (Wildman–Crippen MR) is 74.2 cm³/mol. The van der Waals surface area contributed by atoms with Gasteiger partial charge in [0.2, 0.25) is 0 Å². The van der Waals surface area contributed by atoms with Crippen molar-refractivity contribution in [3.8, 4) is 5.75 Å². The van der Waals surface area contributed by atoms with E-state index in [1.807, 2.05) is 19.1 Å². The molecule has 1 aromatic rings. The average Bonchev–Trinajstić information content (AvgIpc) is 2.42. The average molecular weight is 246 g/mol. The van der Waals surface area contributed by atoms with Crippen LogP contribution in [0, 0.1) is 0 Å². The fourth-order valence-corrected chi connectivity index (χ4v) is 2.49. The maximum absolute atomic E-state index is 5.73. The van der Waals surface area contributed by atoms with Crippen LogP contribution < -0.4 is 16.0 Å². The van der Waals surface area contributed by atoms with Gasteiger partial charge in [0.1, 0.15) is 5.75 Å². The maximum Gasteiger partial charge on any atom is 0.119 e. The van der Waals surface area contributed by atoms with Gasteiger partial charge in [-0.25, -0.2) is 5.43 Å². The molecule has 1 aromatic carbocycles. The predicted octanol–water partition coefficient (Wildman–Crippen LogP) is 3.09. The zero-order valence-electron chi connectivity index (χ0n) is 11.0. The summed E-state index contributed by atoms with van der Waals surface area (Å²) in [6.45, 7) is 2.68. The van der Waals surface area contributed by atoms with Gasteiger partial charge in [0, 0.05) is 0 Å². The number of hydrogen-bond donors (Lipinski definition) is 2. The van der Waals surface area contributed by atoms with Crippen LogP contribution in [-0.4, -0.2) is 6.61 Å². The van der Waals surface area contributed by atoms with Crippen LogP contribution in [0.4, 0.5) is 0 Å². The van der Waals surface area contributed by atoms with Crippen molar-refractivity contribution in [1.29, 1.82) is 0 Å².